The number of aryl methyl sites for hydroxylation is 1. The number of hydrogen-bond acceptors (Lipinski definition) is 5. The number of nitrogens with one attached hydrogen (secondary N) is 2. The largest absolute Gasteiger partial charge is 0.497 e. The minimum atomic E-state index is -3.72. The predicted octanol–water partition coefficient (Wildman–Crippen LogP) is 6.27. The molecule has 1 aromatic heterocycles. The molecule has 0 aliphatic rings. The van der Waals surface area contributed by atoms with Gasteiger partial charge in [-0.15, -0.1) is 0 Å². The third-order valence-electron chi connectivity index (χ3n) is 6.07. The molecule has 5 aromatic rings. The molecule has 0 saturated heterocycles. The van der Waals surface area contributed by atoms with E-state index in [1.54, 1.807) is 61.7 Å². The van der Waals surface area contributed by atoms with Crippen LogP contribution in [0.5, 0.6) is 5.75 Å². The molecule has 0 saturated carbocycles. The lowest BCUT2D eigenvalue weighted by Crippen LogP contribution is -2.14. The van der Waals surface area contributed by atoms with Gasteiger partial charge >= 0.3 is 0 Å². The maximum atomic E-state index is 13.4. The molecule has 4 aromatic carbocycles. The Hall–Kier alpha value is -4.69. The van der Waals surface area contributed by atoms with Crippen molar-refractivity contribution in [1.29, 1.82) is 0 Å². The van der Waals surface area contributed by atoms with Gasteiger partial charge in [0.15, 0.2) is 0 Å². The van der Waals surface area contributed by atoms with Gasteiger partial charge in [0, 0.05) is 22.3 Å². The number of ether oxygens (including phenoxy) is 1. The second kappa shape index (κ2) is 10.4. The molecule has 0 aliphatic carbocycles. The number of hydrogen-bond donors (Lipinski definition) is 2. The first-order valence-electron chi connectivity index (χ1n) is 11.9. The van der Waals surface area contributed by atoms with Crippen LogP contribution in [0, 0.1) is 6.92 Å². The van der Waals surface area contributed by atoms with E-state index < -0.39 is 10.0 Å². The van der Waals surface area contributed by atoms with Crippen molar-refractivity contribution in [3.05, 3.63) is 114 Å². The molecule has 8 heteroatoms. The molecule has 0 fully saturated rings. The van der Waals surface area contributed by atoms with Gasteiger partial charge in [0.25, 0.3) is 15.9 Å². The number of carbonyl (C=O) groups excluding carboxylic acids is 1. The fourth-order valence-corrected chi connectivity index (χ4v) is 5.08. The van der Waals surface area contributed by atoms with Gasteiger partial charge < -0.3 is 10.1 Å². The molecule has 2 N–H and O–H groups in total. The number of fused-ring (bicyclic) bond motifs is 1. The molecule has 7 nitrogen and oxygen atoms in total. The molecule has 1 amide bonds. The number of pyridine rings is 1. The van der Waals surface area contributed by atoms with Gasteiger partial charge in [0.05, 0.1) is 28.8 Å². The third-order valence-corrected chi connectivity index (χ3v) is 7.47. The number of sulfonamides is 1. The van der Waals surface area contributed by atoms with Crippen molar-refractivity contribution in [2.45, 2.75) is 11.8 Å². The van der Waals surface area contributed by atoms with Gasteiger partial charge in [0.1, 0.15) is 5.75 Å². The SMILES string of the molecule is COc1ccc(-c2cc(C(=O)Nc3ccc(NS(=O)(=O)c4ccc(C)cc4)cc3)c3ccccc3n2)cc1. The van der Waals surface area contributed by atoms with Gasteiger partial charge in [-0.2, -0.15) is 0 Å². The smallest absolute Gasteiger partial charge is 0.261 e. The van der Waals surface area contributed by atoms with Gasteiger partial charge in [-0.3, -0.25) is 9.52 Å². The highest BCUT2D eigenvalue weighted by molar-refractivity contribution is 7.92. The number of carbonyl (C=O) groups is 1. The van der Waals surface area contributed by atoms with Crippen LogP contribution < -0.4 is 14.8 Å². The van der Waals surface area contributed by atoms with Gasteiger partial charge in [-0.25, -0.2) is 13.4 Å². The summed E-state index contributed by atoms with van der Waals surface area (Å²) in [6.07, 6.45) is 0. The zero-order chi connectivity index (χ0) is 26.7. The zero-order valence-corrected chi connectivity index (χ0v) is 21.6. The lowest BCUT2D eigenvalue weighted by Gasteiger charge is -2.12. The lowest BCUT2D eigenvalue weighted by atomic mass is 10.0. The minimum absolute atomic E-state index is 0.178. The molecule has 0 spiro atoms. The van der Waals surface area contributed by atoms with Crippen LogP contribution in [0.2, 0.25) is 0 Å². The first-order valence-corrected chi connectivity index (χ1v) is 13.4. The molecule has 0 unspecified atom stereocenters. The van der Waals surface area contributed by atoms with Gasteiger partial charge in [-0.05, 0) is 79.7 Å². The highest BCUT2D eigenvalue weighted by Crippen LogP contribution is 2.27. The monoisotopic (exact) mass is 523 g/mol. The topological polar surface area (TPSA) is 97.4 Å². The van der Waals surface area contributed by atoms with Crippen molar-refractivity contribution in [2.75, 3.05) is 17.1 Å². The highest BCUT2D eigenvalue weighted by Gasteiger charge is 2.16. The summed E-state index contributed by atoms with van der Waals surface area (Å²) in [7, 11) is -2.11. The van der Waals surface area contributed by atoms with Crippen molar-refractivity contribution in [2.24, 2.45) is 0 Å². The summed E-state index contributed by atoms with van der Waals surface area (Å²) in [5.41, 5.74) is 4.59. The molecule has 0 radical (unpaired) electrons. The van der Waals surface area contributed by atoms with Crippen molar-refractivity contribution < 1.29 is 17.9 Å². The summed E-state index contributed by atoms with van der Waals surface area (Å²) in [5, 5.41) is 3.64. The number of methoxy groups -OCH3 is 1. The summed E-state index contributed by atoms with van der Waals surface area (Å²) in [6, 6.07) is 29.9. The third kappa shape index (κ3) is 5.35. The molecular formula is C30H25N3O4S. The van der Waals surface area contributed by atoms with Crippen LogP contribution in [0.15, 0.2) is 108 Å². The van der Waals surface area contributed by atoms with E-state index in [4.69, 9.17) is 9.72 Å². The second-order valence-corrected chi connectivity index (χ2v) is 10.4. The second-order valence-electron chi connectivity index (χ2n) is 8.75. The number of anilines is 2. The summed E-state index contributed by atoms with van der Waals surface area (Å²) in [6.45, 7) is 1.89. The predicted molar refractivity (Wildman–Crippen MR) is 150 cm³/mol. The Morgan fingerprint density at radius 2 is 1.47 bits per heavy atom. The van der Waals surface area contributed by atoms with Crippen LogP contribution in [0.3, 0.4) is 0 Å². The molecule has 190 valence electrons. The van der Waals surface area contributed by atoms with E-state index in [2.05, 4.69) is 10.0 Å². The fraction of sp³-hybridized carbons (Fsp3) is 0.0667. The summed E-state index contributed by atoms with van der Waals surface area (Å²) in [5.74, 6) is 0.434. The van der Waals surface area contributed by atoms with Crippen LogP contribution in [0.4, 0.5) is 11.4 Å². The maximum absolute atomic E-state index is 13.4. The van der Waals surface area contributed by atoms with Crippen molar-refractivity contribution >= 4 is 38.2 Å². The van der Waals surface area contributed by atoms with Gasteiger partial charge in [0.2, 0.25) is 0 Å². The number of rotatable bonds is 7. The van der Waals surface area contributed by atoms with Crippen molar-refractivity contribution in [3.63, 3.8) is 0 Å². The summed E-state index contributed by atoms with van der Waals surface area (Å²) < 4.78 is 33.2. The zero-order valence-electron chi connectivity index (χ0n) is 20.8. The molecule has 0 atom stereocenters. The highest BCUT2D eigenvalue weighted by atomic mass is 32.2. The number of para-hydroxylation sites is 1. The van der Waals surface area contributed by atoms with E-state index in [9.17, 15) is 13.2 Å². The first kappa shape index (κ1) is 25.0. The van der Waals surface area contributed by atoms with Gasteiger partial charge in [-0.1, -0.05) is 35.9 Å². The summed E-state index contributed by atoms with van der Waals surface area (Å²) in [4.78, 5) is 18.3. The molecule has 0 aliphatic heterocycles. The number of aromatic nitrogens is 1. The van der Waals surface area contributed by atoms with E-state index in [-0.39, 0.29) is 10.8 Å². The Morgan fingerprint density at radius 3 is 2.16 bits per heavy atom. The average Bonchev–Trinajstić information content (AvgIpc) is 2.93. The number of benzene rings is 4. The molecule has 38 heavy (non-hydrogen) atoms. The van der Waals surface area contributed by atoms with E-state index in [1.807, 2.05) is 55.5 Å². The van der Waals surface area contributed by atoms with Crippen LogP contribution in [0.25, 0.3) is 22.2 Å². The van der Waals surface area contributed by atoms with E-state index >= 15 is 0 Å². The lowest BCUT2D eigenvalue weighted by molar-refractivity contribution is 0.102. The van der Waals surface area contributed by atoms with Crippen LogP contribution in [0.1, 0.15) is 15.9 Å². The van der Waals surface area contributed by atoms with Crippen LogP contribution in [-0.2, 0) is 10.0 Å². The van der Waals surface area contributed by atoms with Crippen molar-refractivity contribution in [1.82, 2.24) is 4.98 Å². The molecule has 1 heterocycles. The average molecular weight is 524 g/mol. The Kier molecular flexibility index (Phi) is 6.81. The first-order chi connectivity index (χ1) is 18.3. The fourth-order valence-electron chi connectivity index (χ4n) is 4.02. The Balaban J connectivity index is 1.38. The molecule has 5 rings (SSSR count). The molecular weight excluding hydrogens is 498 g/mol. The van der Waals surface area contributed by atoms with Crippen LogP contribution in [-0.4, -0.2) is 26.4 Å². The van der Waals surface area contributed by atoms with E-state index in [1.165, 1.54) is 0 Å². The summed E-state index contributed by atoms with van der Waals surface area (Å²) >= 11 is 0. The Morgan fingerprint density at radius 1 is 0.816 bits per heavy atom. The standard InChI is InChI=1S/C30H25N3O4S/c1-20-7-17-25(18-8-20)38(35,36)33-23-13-11-22(12-14-23)31-30(34)27-19-29(21-9-15-24(37-2)16-10-21)32-28-6-4-3-5-26(27)28/h3-19,33H,1-2H3,(H,31,34). The quantitative estimate of drug-likeness (QED) is 0.262. The van der Waals surface area contributed by atoms with Crippen molar-refractivity contribution in [3.8, 4) is 17.0 Å². The molecule has 0 bridgehead atoms. The Bertz CT molecular complexity index is 1720. The normalized spacial score (nSPS) is 11.2. The maximum Gasteiger partial charge on any atom is 0.261 e. The van der Waals surface area contributed by atoms with E-state index in [0.717, 1.165) is 22.3 Å². The minimum Gasteiger partial charge on any atom is -0.497 e. The number of nitrogens with zero attached hydrogens (tertiary/aromatic N) is 1. The van der Waals surface area contributed by atoms with E-state index in [0.29, 0.717) is 28.1 Å². The Labute approximate surface area is 221 Å². The van der Waals surface area contributed by atoms with Crippen LogP contribution >= 0.6 is 0 Å². The number of amides is 1.